The molecule has 24 heavy (non-hydrogen) atoms. The number of fused-ring (bicyclic) bond motifs is 2. The van der Waals surface area contributed by atoms with Gasteiger partial charge in [0.2, 0.25) is 0 Å². The van der Waals surface area contributed by atoms with Gasteiger partial charge in [-0.3, -0.25) is 0 Å². The van der Waals surface area contributed by atoms with Crippen LogP contribution in [-0.4, -0.2) is 24.5 Å². The molecule has 1 heteroatoms. The normalized spacial score (nSPS) is 29.3. The van der Waals surface area contributed by atoms with E-state index >= 15 is 0 Å². The monoisotopic (exact) mass is 317 g/mol. The third kappa shape index (κ3) is 2.59. The molecule has 5 rings (SSSR count). The summed E-state index contributed by atoms with van der Waals surface area (Å²) in [5.74, 6) is 3.22. The lowest BCUT2D eigenvalue weighted by atomic mass is 9.68. The molecule has 1 aliphatic heterocycles. The molecule has 2 fully saturated rings. The first-order valence-electron chi connectivity index (χ1n) is 9.64. The predicted molar refractivity (Wildman–Crippen MR) is 99.3 cm³/mol. The molecule has 1 saturated heterocycles. The molecule has 0 N–H and O–H groups in total. The Kier molecular flexibility index (Phi) is 3.52. The van der Waals surface area contributed by atoms with Gasteiger partial charge in [-0.15, -0.1) is 0 Å². The quantitative estimate of drug-likeness (QED) is 0.797. The average Bonchev–Trinajstić information content (AvgIpc) is 3.31. The Balaban J connectivity index is 1.53. The number of nitrogens with zero attached hydrogens (tertiary/aromatic N) is 1. The van der Waals surface area contributed by atoms with Crippen LogP contribution < -0.4 is 0 Å². The Morgan fingerprint density at radius 2 is 1.83 bits per heavy atom. The number of likely N-dealkylation sites (tertiary alicyclic amines) is 1. The van der Waals surface area contributed by atoms with E-state index in [1.165, 1.54) is 50.0 Å². The first-order chi connectivity index (χ1) is 11.8. The maximum atomic E-state index is 2.78. The molecule has 2 aromatic carbocycles. The molecule has 0 spiro atoms. The summed E-state index contributed by atoms with van der Waals surface area (Å²) in [5.41, 5.74) is 6.14. The summed E-state index contributed by atoms with van der Waals surface area (Å²) >= 11 is 0. The minimum absolute atomic E-state index is 0.588. The van der Waals surface area contributed by atoms with Gasteiger partial charge < -0.3 is 4.90 Å². The van der Waals surface area contributed by atoms with Crippen molar-refractivity contribution in [3.63, 3.8) is 0 Å². The van der Waals surface area contributed by atoms with Crippen molar-refractivity contribution in [3.8, 4) is 0 Å². The van der Waals surface area contributed by atoms with Crippen molar-refractivity contribution in [1.29, 1.82) is 0 Å². The van der Waals surface area contributed by atoms with Gasteiger partial charge in [-0.1, -0.05) is 54.1 Å². The van der Waals surface area contributed by atoms with E-state index in [0.717, 1.165) is 17.8 Å². The molecule has 0 amide bonds. The summed E-state index contributed by atoms with van der Waals surface area (Å²) in [5, 5.41) is 0. The van der Waals surface area contributed by atoms with Gasteiger partial charge in [-0.25, -0.2) is 0 Å². The van der Waals surface area contributed by atoms with E-state index in [0.29, 0.717) is 5.92 Å². The molecule has 0 radical (unpaired) electrons. The maximum Gasteiger partial charge on any atom is 0.0136 e. The molecule has 3 unspecified atom stereocenters. The van der Waals surface area contributed by atoms with Crippen LogP contribution in [0.5, 0.6) is 0 Å². The average molecular weight is 317 g/mol. The molecule has 2 aliphatic carbocycles. The van der Waals surface area contributed by atoms with Gasteiger partial charge in [0.1, 0.15) is 0 Å². The Bertz CT molecular complexity index is 731. The van der Waals surface area contributed by atoms with Crippen LogP contribution in [0.1, 0.15) is 41.0 Å². The zero-order valence-electron chi connectivity index (χ0n) is 14.6. The lowest BCUT2D eigenvalue weighted by Crippen LogP contribution is -2.29. The second-order valence-electron chi connectivity index (χ2n) is 8.38. The third-order valence-electron chi connectivity index (χ3n) is 6.48. The Hall–Kier alpha value is -1.60. The minimum Gasteiger partial charge on any atom is -0.302 e. The van der Waals surface area contributed by atoms with Crippen LogP contribution in [0.25, 0.3) is 0 Å². The van der Waals surface area contributed by atoms with Gasteiger partial charge in [-0.05, 0) is 60.6 Å². The van der Waals surface area contributed by atoms with Crippen LogP contribution >= 0.6 is 0 Å². The van der Waals surface area contributed by atoms with E-state index in [-0.39, 0.29) is 0 Å². The fourth-order valence-electron chi connectivity index (χ4n) is 5.21. The maximum absolute atomic E-state index is 2.78. The lowest BCUT2D eigenvalue weighted by molar-refractivity contribution is 0.306. The predicted octanol–water partition coefficient (Wildman–Crippen LogP) is 4.64. The van der Waals surface area contributed by atoms with Gasteiger partial charge in [-0.2, -0.15) is 0 Å². The highest BCUT2D eigenvalue weighted by molar-refractivity contribution is 5.44. The van der Waals surface area contributed by atoms with Gasteiger partial charge in [0, 0.05) is 25.6 Å². The highest BCUT2D eigenvalue weighted by atomic mass is 15.2. The van der Waals surface area contributed by atoms with Crippen molar-refractivity contribution in [3.05, 3.63) is 70.8 Å². The Morgan fingerprint density at radius 1 is 1.00 bits per heavy atom. The highest BCUT2D eigenvalue weighted by Gasteiger charge is 2.43. The minimum atomic E-state index is 0.588. The summed E-state index contributed by atoms with van der Waals surface area (Å²) in [6.07, 6.45) is 4.22. The largest absolute Gasteiger partial charge is 0.302 e. The van der Waals surface area contributed by atoms with E-state index in [2.05, 4.69) is 60.4 Å². The fraction of sp³-hybridized carbons (Fsp3) is 0.478. The SMILES string of the molecule is Cc1ccc2c(c1)CC1CN(CC3CC3)CC1C2c1ccccc1. The molecule has 1 heterocycles. The molecular formula is C23H27N. The Morgan fingerprint density at radius 3 is 2.62 bits per heavy atom. The van der Waals surface area contributed by atoms with Gasteiger partial charge in [0.25, 0.3) is 0 Å². The smallest absolute Gasteiger partial charge is 0.0136 e. The molecular weight excluding hydrogens is 290 g/mol. The van der Waals surface area contributed by atoms with Crippen molar-refractivity contribution < 1.29 is 0 Å². The van der Waals surface area contributed by atoms with E-state index in [1.54, 1.807) is 11.1 Å². The second-order valence-corrected chi connectivity index (χ2v) is 8.38. The van der Waals surface area contributed by atoms with Crippen LogP contribution in [0.15, 0.2) is 48.5 Å². The zero-order chi connectivity index (χ0) is 16.1. The molecule has 1 nitrogen and oxygen atoms in total. The molecule has 3 aliphatic rings. The van der Waals surface area contributed by atoms with E-state index in [4.69, 9.17) is 0 Å². The molecule has 0 bridgehead atoms. The second kappa shape index (κ2) is 5.74. The summed E-state index contributed by atoms with van der Waals surface area (Å²) in [6, 6.07) is 18.4. The molecule has 0 aromatic heterocycles. The summed E-state index contributed by atoms with van der Waals surface area (Å²) in [6.45, 7) is 6.20. The van der Waals surface area contributed by atoms with Crippen molar-refractivity contribution in [1.82, 2.24) is 4.90 Å². The number of aryl methyl sites for hydroxylation is 1. The van der Waals surface area contributed by atoms with Crippen LogP contribution in [0.2, 0.25) is 0 Å². The highest BCUT2D eigenvalue weighted by Crippen LogP contribution is 2.47. The molecule has 3 atom stereocenters. The first-order valence-corrected chi connectivity index (χ1v) is 9.64. The fourth-order valence-corrected chi connectivity index (χ4v) is 5.21. The van der Waals surface area contributed by atoms with E-state index in [9.17, 15) is 0 Å². The molecule has 124 valence electrons. The van der Waals surface area contributed by atoms with E-state index < -0.39 is 0 Å². The number of hydrogen-bond donors (Lipinski definition) is 0. The third-order valence-corrected chi connectivity index (χ3v) is 6.48. The van der Waals surface area contributed by atoms with Crippen LogP contribution in [0.3, 0.4) is 0 Å². The van der Waals surface area contributed by atoms with Gasteiger partial charge in [0.05, 0.1) is 0 Å². The molecule has 2 aromatic rings. The summed E-state index contributed by atoms with van der Waals surface area (Å²) in [7, 11) is 0. The zero-order valence-corrected chi connectivity index (χ0v) is 14.6. The lowest BCUT2D eigenvalue weighted by Gasteiger charge is -2.36. The van der Waals surface area contributed by atoms with Crippen LogP contribution in [0.4, 0.5) is 0 Å². The van der Waals surface area contributed by atoms with Gasteiger partial charge >= 0.3 is 0 Å². The number of hydrogen-bond acceptors (Lipinski definition) is 1. The van der Waals surface area contributed by atoms with Crippen molar-refractivity contribution >= 4 is 0 Å². The topological polar surface area (TPSA) is 3.24 Å². The first kappa shape index (κ1) is 14.7. The van der Waals surface area contributed by atoms with Crippen molar-refractivity contribution in [2.24, 2.45) is 17.8 Å². The number of rotatable bonds is 3. The Labute approximate surface area is 145 Å². The van der Waals surface area contributed by atoms with Gasteiger partial charge in [0.15, 0.2) is 0 Å². The van der Waals surface area contributed by atoms with E-state index in [1.807, 2.05) is 0 Å². The number of benzene rings is 2. The standard InChI is InChI=1S/C23H27N/c1-16-7-10-21-19(11-16)12-20-14-24(13-17-8-9-17)15-22(20)23(21)18-5-3-2-4-6-18/h2-7,10-11,17,20,22-23H,8-9,12-15H2,1H3. The molecule has 1 saturated carbocycles. The van der Waals surface area contributed by atoms with Crippen LogP contribution in [-0.2, 0) is 6.42 Å². The van der Waals surface area contributed by atoms with Crippen molar-refractivity contribution in [2.75, 3.05) is 19.6 Å². The summed E-state index contributed by atoms with van der Waals surface area (Å²) < 4.78 is 0. The van der Waals surface area contributed by atoms with Crippen molar-refractivity contribution in [2.45, 2.75) is 32.1 Å². The van der Waals surface area contributed by atoms with Crippen LogP contribution in [0, 0.1) is 24.7 Å². The summed E-state index contributed by atoms with van der Waals surface area (Å²) in [4.78, 5) is 2.78.